The van der Waals surface area contributed by atoms with Crippen molar-refractivity contribution in [1.29, 1.82) is 0 Å². The molecule has 1 aliphatic heterocycles. The van der Waals surface area contributed by atoms with Gasteiger partial charge in [-0.1, -0.05) is 12.0 Å². The Morgan fingerprint density at radius 2 is 2.16 bits per heavy atom. The van der Waals surface area contributed by atoms with E-state index in [1.165, 1.54) is 6.33 Å². The Bertz CT molecular complexity index is 1160. The van der Waals surface area contributed by atoms with Gasteiger partial charge in [0.15, 0.2) is 17.0 Å². The summed E-state index contributed by atoms with van der Waals surface area (Å²) in [5, 5.41) is 3.28. The Morgan fingerprint density at radius 1 is 1.31 bits per heavy atom. The first-order valence-electron chi connectivity index (χ1n) is 10.4. The van der Waals surface area contributed by atoms with E-state index in [-0.39, 0.29) is 18.7 Å². The lowest BCUT2D eigenvalue weighted by Gasteiger charge is -2.24. The maximum atomic E-state index is 12.4. The van der Waals surface area contributed by atoms with Crippen molar-refractivity contribution in [2.75, 3.05) is 25.0 Å². The monoisotopic (exact) mass is 434 g/mol. The molecule has 0 aliphatic carbocycles. The minimum Gasteiger partial charge on any atom is -0.481 e. The maximum absolute atomic E-state index is 12.4. The molecule has 2 aromatic heterocycles. The van der Waals surface area contributed by atoms with Crippen LogP contribution in [0.25, 0.3) is 11.2 Å². The summed E-state index contributed by atoms with van der Waals surface area (Å²) in [6.07, 6.45) is 9.01. The summed E-state index contributed by atoms with van der Waals surface area (Å²) in [5.74, 6) is 3.70. The predicted molar refractivity (Wildman–Crippen MR) is 121 cm³/mol. The zero-order valence-electron chi connectivity index (χ0n) is 18.4. The van der Waals surface area contributed by atoms with Gasteiger partial charge in [-0.3, -0.25) is 0 Å². The van der Waals surface area contributed by atoms with E-state index in [1.807, 2.05) is 49.6 Å². The van der Waals surface area contributed by atoms with E-state index in [0.717, 1.165) is 12.1 Å². The molecule has 9 nitrogen and oxygen atoms in total. The van der Waals surface area contributed by atoms with E-state index in [9.17, 15) is 4.79 Å². The number of nitrogens with one attached hydrogen (secondary N) is 1. The largest absolute Gasteiger partial charge is 0.481 e. The summed E-state index contributed by atoms with van der Waals surface area (Å²) in [4.78, 5) is 27.5. The molecule has 4 rings (SSSR count). The number of carbonyl (C=O) groups is 1. The smallest absolute Gasteiger partial charge is 0.410 e. The number of imidazole rings is 1. The van der Waals surface area contributed by atoms with Crippen LogP contribution in [0, 0.1) is 12.3 Å². The summed E-state index contributed by atoms with van der Waals surface area (Å²) in [6, 6.07) is 7.52. The number of likely N-dealkylation sites (tertiary alicyclic amines) is 1. The van der Waals surface area contributed by atoms with Gasteiger partial charge in [0.2, 0.25) is 0 Å². The lowest BCUT2D eigenvalue weighted by Crippen LogP contribution is -2.35. The molecule has 32 heavy (non-hydrogen) atoms. The first-order valence-corrected chi connectivity index (χ1v) is 10.4. The molecule has 1 unspecified atom stereocenters. The van der Waals surface area contributed by atoms with Crippen molar-refractivity contribution in [1.82, 2.24) is 24.4 Å². The molecule has 1 saturated heterocycles. The molecule has 0 spiro atoms. The number of benzene rings is 1. The second-order valence-corrected chi connectivity index (χ2v) is 8.56. The van der Waals surface area contributed by atoms with E-state index >= 15 is 0 Å². The van der Waals surface area contributed by atoms with Crippen LogP contribution in [0.4, 0.5) is 16.3 Å². The molecule has 0 saturated carbocycles. The van der Waals surface area contributed by atoms with Crippen molar-refractivity contribution >= 4 is 28.8 Å². The summed E-state index contributed by atoms with van der Waals surface area (Å²) < 4.78 is 13.0. The van der Waals surface area contributed by atoms with Crippen LogP contribution in [-0.2, 0) is 4.74 Å². The average molecular weight is 435 g/mol. The van der Waals surface area contributed by atoms with Crippen molar-refractivity contribution in [2.45, 2.75) is 38.8 Å². The fourth-order valence-corrected chi connectivity index (χ4v) is 3.60. The molecule has 0 radical (unpaired) electrons. The molecule has 1 amide bonds. The number of rotatable bonds is 5. The van der Waals surface area contributed by atoms with Crippen LogP contribution >= 0.6 is 0 Å². The Hall–Kier alpha value is -3.80. The minimum absolute atomic E-state index is 0.0655. The van der Waals surface area contributed by atoms with E-state index in [4.69, 9.17) is 15.9 Å². The zero-order chi connectivity index (χ0) is 22.7. The number of carbonyl (C=O) groups excluding carboxylic acids is 1. The van der Waals surface area contributed by atoms with E-state index in [0.29, 0.717) is 35.8 Å². The van der Waals surface area contributed by atoms with Gasteiger partial charge in [-0.15, -0.1) is 6.42 Å². The Labute approximate surface area is 186 Å². The highest BCUT2D eigenvalue weighted by atomic mass is 16.6. The van der Waals surface area contributed by atoms with Crippen molar-refractivity contribution in [3.8, 4) is 18.1 Å². The van der Waals surface area contributed by atoms with Gasteiger partial charge in [0.25, 0.3) is 0 Å². The number of anilines is 2. The first kappa shape index (κ1) is 21.4. The number of ether oxygens (including phenoxy) is 2. The molecule has 1 N–H and O–H groups in total. The fourth-order valence-electron chi connectivity index (χ4n) is 3.60. The molecule has 9 heteroatoms. The topological polar surface area (TPSA) is 94.4 Å². The van der Waals surface area contributed by atoms with Crippen molar-refractivity contribution in [3.05, 3.63) is 36.9 Å². The summed E-state index contributed by atoms with van der Waals surface area (Å²) in [6.45, 7) is 6.97. The van der Waals surface area contributed by atoms with Crippen molar-refractivity contribution < 1.29 is 14.3 Å². The molecule has 166 valence electrons. The number of fused-ring (bicyclic) bond motifs is 1. The average Bonchev–Trinajstić information content (AvgIpc) is 3.39. The molecule has 1 fully saturated rings. The SMILES string of the molecule is C#CCOc1cccc(Nc2ncnc3c2ncn3C2CCN(C(=O)OC(C)(C)C)C2)c1. The van der Waals surface area contributed by atoms with Gasteiger partial charge in [-0.05, 0) is 39.3 Å². The Morgan fingerprint density at radius 3 is 2.94 bits per heavy atom. The molecule has 1 aliphatic rings. The third-order valence-electron chi connectivity index (χ3n) is 4.99. The first-order chi connectivity index (χ1) is 15.3. The van der Waals surface area contributed by atoms with Gasteiger partial charge in [-0.25, -0.2) is 19.7 Å². The van der Waals surface area contributed by atoms with E-state index < -0.39 is 5.60 Å². The van der Waals surface area contributed by atoms with Crippen LogP contribution in [0.15, 0.2) is 36.9 Å². The van der Waals surface area contributed by atoms with Crippen LogP contribution in [0.5, 0.6) is 5.75 Å². The van der Waals surface area contributed by atoms with Crippen LogP contribution < -0.4 is 10.1 Å². The standard InChI is InChI=1S/C23H26N6O3/c1-5-11-31-18-8-6-7-16(12-18)27-20-19-21(25-14-24-20)29(15-26-19)17-9-10-28(13-17)22(30)32-23(2,3)4/h1,6-8,12,14-15,17H,9-11,13H2,2-4H3,(H,24,25,27). The number of hydrogen-bond donors (Lipinski definition) is 1. The lowest BCUT2D eigenvalue weighted by molar-refractivity contribution is 0.0289. The highest BCUT2D eigenvalue weighted by Gasteiger charge is 2.31. The second-order valence-electron chi connectivity index (χ2n) is 8.56. The Kier molecular flexibility index (Phi) is 5.86. The van der Waals surface area contributed by atoms with Gasteiger partial charge in [0.1, 0.15) is 24.3 Å². The van der Waals surface area contributed by atoms with Gasteiger partial charge in [-0.2, -0.15) is 0 Å². The second kappa shape index (κ2) is 8.75. The number of aromatic nitrogens is 4. The molecule has 3 heterocycles. The molecular formula is C23H26N6O3. The van der Waals surface area contributed by atoms with Gasteiger partial charge < -0.3 is 24.3 Å². The lowest BCUT2D eigenvalue weighted by atomic mass is 10.2. The zero-order valence-corrected chi connectivity index (χ0v) is 18.4. The van der Waals surface area contributed by atoms with Crippen LogP contribution in [0.1, 0.15) is 33.2 Å². The number of nitrogens with zero attached hydrogens (tertiary/aromatic N) is 5. The highest BCUT2D eigenvalue weighted by molar-refractivity contribution is 5.85. The summed E-state index contributed by atoms with van der Waals surface area (Å²) >= 11 is 0. The highest BCUT2D eigenvalue weighted by Crippen LogP contribution is 2.29. The van der Waals surface area contributed by atoms with Crippen LogP contribution in [0.2, 0.25) is 0 Å². The Balaban J connectivity index is 1.52. The van der Waals surface area contributed by atoms with Gasteiger partial charge in [0.05, 0.1) is 12.4 Å². The molecule has 1 aromatic carbocycles. The maximum Gasteiger partial charge on any atom is 0.410 e. The van der Waals surface area contributed by atoms with Gasteiger partial charge in [0, 0.05) is 24.8 Å². The minimum atomic E-state index is -0.520. The van der Waals surface area contributed by atoms with Gasteiger partial charge >= 0.3 is 6.09 Å². The van der Waals surface area contributed by atoms with Crippen LogP contribution in [0.3, 0.4) is 0 Å². The molecule has 1 atom stereocenters. The normalized spacial score (nSPS) is 16.1. The summed E-state index contributed by atoms with van der Waals surface area (Å²) in [5.41, 5.74) is 1.64. The molecular weight excluding hydrogens is 408 g/mol. The molecule has 3 aromatic rings. The van der Waals surface area contributed by atoms with Crippen molar-refractivity contribution in [2.24, 2.45) is 0 Å². The number of hydrogen-bond acceptors (Lipinski definition) is 7. The van der Waals surface area contributed by atoms with Crippen LogP contribution in [-0.4, -0.2) is 55.8 Å². The number of amides is 1. The fraction of sp³-hybridized carbons (Fsp3) is 0.391. The summed E-state index contributed by atoms with van der Waals surface area (Å²) in [7, 11) is 0. The van der Waals surface area contributed by atoms with Crippen molar-refractivity contribution in [3.63, 3.8) is 0 Å². The third-order valence-corrected chi connectivity index (χ3v) is 4.99. The quantitative estimate of drug-likeness (QED) is 0.611. The predicted octanol–water partition coefficient (Wildman–Crippen LogP) is 3.76. The van der Waals surface area contributed by atoms with E-state index in [1.54, 1.807) is 11.2 Å². The molecule has 0 bridgehead atoms. The van der Waals surface area contributed by atoms with E-state index in [2.05, 4.69) is 26.2 Å². The number of terminal acetylenes is 1. The third kappa shape index (κ3) is 4.75.